The minimum absolute atomic E-state index is 0.270. The first-order valence-corrected chi connectivity index (χ1v) is 9.99. The van der Waals surface area contributed by atoms with Gasteiger partial charge in [-0.3, -0.25) is 0 Å². The molecule has 142 valence electrons. The summed E-state index contributed by atoms with van der Waals surface area (Å²) >= 11 is 3.47. The van der Waals surface area contributed by atoms with Crippen LogP contribution in [0.2, 0.25) is 0 Å². The van der Waals surface area contributed by atoms with Gasteiger partial charge in [-0.15, -0.1) is 5.10 Å². The molecule has 1 N–H and O–H groups in total. The minimum atomic E-state index is -0.406. The van der Waals surface area contributed by atoms with Crippen LogP contribution in [-0.4, -0.2) is 14.8 Å². The number of halogens is 2. The zero-order valence-corrected chi connectivity index (χ0v) is 16.8. The van der Waals surface area contributed by atoms with Gasteiger partial charge >= 0.3 is 0 Å². The molecule has 2 heterocycles. The molecule has 0 spiro atoms. The van der Waals surface area contributed by atoms with Crippen LogP contribution in [0.15, 0.2) is 89.4 Å². The van der Waals surface area contributed by atoms with Crippen LogP contribution in [0.4, 0.5) is 10.3 Å². The zero-order valence-electron chi connectivity index (χ0n) is 15.3. The molecule has 4 nitrogen and oxygen atoms in total. The van der Waals surface area contributed by atoms with E-state index >= 15 is 0 Å². The van der Waals surface area contributed by atoms with E-state index in [1.165, 1.54) is 6.07 Å². The maximum atomic E-state index is 14.7. The van der Waals surface area contributed by atoms with Crippen molar-refractivity contribution >= 4 is 27.6 Å². The summed E-state index contributed by atoms with van der Waals surface area (Å²) < 4.78 is 17.4. The van der Waals surface area contributed by atoms with Crippen molar-refractivity contribution in [2.75, 3.05) is 5.32 Å². The Morgan fingerprint density at radius 1 is 0.862 bits per heavy atom. The maximum Gasteiger partial charge on any atom is 0.227 e. The van der Waals surface area contributed by atoms with Crippen molar-refractivity contribution in [2.24, 2.45) is 0 Å². The molecule has 4 aromatic rings. The van der Waals surface area contributed by atoms with E-state index in [0.717, 1.165) is 21.3 Å². The highest BCUT2D eigenvalue weighted by atomic mass is 79.9. The number of rotatable bonds is 3. The first-order chi connectivity index (χ1) is 14.2. The quantitative estimate of drug-likeness (QED) is 0.425. The molecule has 0 saturated heterocycles. The fourth-order valence-electron chi connectivity index (χ4n) is 3.44. The second kappa shape index (κ2) is 7.29. The van der Waals surface area contributed by atoms with E-state index in [-0.39, 0.29) is 5.82 Å². The number of fused-ring (bicyclic) bond motifs is 1. The Morgan fingerprint density at radius 3 is 2.34 bits per heavy atom. The summed E-state index contributed by atoms with van der Waals surface area (Å²) in [7, 11) is 0. The van der Waals surface area contributed by atoms with Crippen molar-refractivity contribution in [3.05, 3.63) is 106 Å². The number of allylic oxidation sites excluding steroid dienone is 1. The van der Waals surface area contributed by atoms with Crippen molar-refractivity contribution in [1.29, 1.82) is 0 Å². The summed E-state index contributed by atoms with van der Waals surface area (Å²) in [6, 6.07) is 24.1. The van der Waals surface area contributed by atoms with Crippen LogP contribution in [0.5, 0.6) is 0 Å². The summed E-state index contributed by atoms with van der Waals surface area (Å²) in [5.41, 5.74) is 3.32. The molecular formula is C23H16BrFN4. The molecule has 5 rings (SSSR count). The molecule has 1 aliphatic rings. The Kier molecular flexibility index (Phi) is 4.48. The normalized spacial score (nSPS) is 15.4. The van der Waals surface area contributed by atoms with E-state index in [0.29, 0.717) is 17.3 Å². The Morgan fingerprint density at radius 2 is 1.59 bits per heavy atom. The zero-order chi connectivity index (χ0) is 19.8. The van der Waals surface area contributed by atoms with Crippen LogP contribution >= 0.6 is 15.9 Å². The average Bonchev–Trinajstić information content (AvgIpc) is 3.19. The van der Waals surface area contributed by atoms with Crippen LogP contribution in [-0.2, 0) is 0 Å². The van der Waals surface area contributed by atoms with E-state index in [2.05, 4.69) is 31.3 Å². The van der Waals surface area contributed by atoms with E-state index in [1.54, 1.807) is 16.8 Å². The summed E-state index contributed by atoms with van der Waals surface area (Å²) in [5, 5.41) is 8.04. The molecule has 1 aromatic heterocycles. The van der Waals surface area contributed by atoms with Crippen molar-refractivity contribution in [1.82, 2.24) is 14.8 Å². The molecule has 6 heteroatoms. The highest BCUT2D eigenvalue weighted by Crippen LogP contribution is 2.35. The second-order valence-corrected chi connectivity index (χ2v) is 7.66. The van der Waals surface area contributed by atoms with Gasteiger partial charge in [0.25, 0.3) is 0 Å². The lowest BCUT2D eigenvalue weighted by Gasteiger charge is -2.24. The van der Waals surface area contributed by atoms with Gasteiger partial charge in [0.15, 0.2) is 5.82 Å². The van der Waals surface area contributed by atoms with Crippen LogP contribution < -0.4 is 5.32 Å². The molecule has 0 bridgehead atoms. The van der Waals surface area contributed by atoms with Gasteiger partial charge in [-0.25, -0.2) is 9.07 Å². The van der Waals surface area contributed by atoms with E-state index in [9.17, 15) is 4.39 Å². The van der Waals surface area contributed by atoms with Gasteiger partial charge < -0.3 is 5.32 Å². The lowest BCUT2D eigenvalue weighted by atomic mass is 10.0. The largest absolute Gasteiger partial charge is 0.324 e. The van der Waals surface area contributed by atoms with Crippen molar-refractivity contribution in [2.45, 2.75) is 6.04 Å². The lowest BCUT2D eigenvalue weighted by molar-refractivity contribution is 0.552. The van der Waals surface area contributed by atoms with Crippen LogP contribution in [0, 0.1) is 5.82 Å². The fraction of sp³-hybridized carbons (Fsp3) is 0.0435. The van der Waals surface area contributed by atoms with E-state index < -0.39 is 6.04 Å². The smallest absolute Gasteiger partial charge is 0.227 e. The molecule has 0 aliphatic carbocycles. The highest BCUT2D eigenvalue weighted by molar-refractivity contribution is 9.10. The number of aromatic nitrogens is 3. The van der Waals surface area contributed by atoms with E-state index in [4.69, 9.17) is 0 Å². The van der Waals surface area contributed by atoms with Crippen LogP contribution in [0.1, 0.15) is 17.2 Å². The van der Waals surface area contributed by atoms with Crippen LogP contribution in [0.3, 0.4) is 0 Å². The summed E-state index contributed by atoms with van der Waals surface area (Å²) in [5.74, 6) is 0.908. The third-order valence-corrected chi connectivity index (χ3v) is 5.41. The Labute approximate surface area is 175 Å². The molecule has 0 amide bonds. The topological polar surface area (TPSA) is 42.7 Å². The molecule has 0 saturated carbocycles. The number of benzene rings is 3. The van der Waals surface area contributed by atoms with Gasteiger partial charge in [0.05, 0.1) is 0 Å². The van der Waals surface area contributed by atoms with Crippen molar-refractivity contribution in [3.8, 4) is 11.4 Å². The fourth-order valence-corrected chi connectivity index (χ4v) is 3.70. The number of hydrogen-bond donors (Lipinski definition) is 1. The Bertz CT molecular complexity index is 1200. The third-order valence-electron chi connectivity index (χ3n) is 4.88. The average molecular weight is 447 g/mol. The standard InChI is InChI=1S/C23H16BrFN4/c24-17-12-10-15(11-13-17)20-14-21(18-8-4-5-9-19(18)25)29-23(26-20)27-22(28-29)16-6-2-1-3-7-16/h1-14,21H,(H,26,27,28)/t21-/m0/s1. The molecule has 1 atom stereocenters. The first kappa shape index (κ1) is 17.8. The van der Waals surface area contributed by atoms with Crippen molar-refractivity contribution < 1.29 is 4.39 Å². The SMILES string of the molecule is Fc1ccccc1[C@@H]1C=C(c2ccc(Br)cc2)Nc2nc(-c3ccccc3)nn21. The number of nitrogens with one attached hydrogen (secondary N) is 1. The van der Waals surface area contributed by atoms with Gasteiger partial charge in [-0.2, -0.15) is 4.98 Å². The highest BCUT2D eigenvalue weighted by Gasteiger charge is 2.27. The monoisotopic (exact) mass is 446 g/mol. The number of hydrogen-bond acceptors (Lipinski definition) is 3. The minimum Gasteiger partial charge on any atom is -0.324 e. The molecule has 3 aromatic carbocycles. The third kappa shape index (κ3) is 3.36. The van der Waals surface area contributed by atoms with Gasteiger partial charge in [-0.05, 0) is 29.8 Å². The number of nitrogens with zero attached hydrogens (tertiary/aromatic N) is 3. The van der Waals surface area contributed by atoms with Gasteiger partial charge in [-0.1, -0.05) is 76.6 Å². The maximum absolute atomic E-state index is 14.7. The predicted octanol–water partition coefficient (Wildman–Crippen LogP) is 5.90. The lowest BCUT2D eigenvalue weighted by Crippen LogP contribution is -2.21. The van der Waals surface area contributed by atoms with Crippen molar-refractivity contribution in [3.63, 3.8) is 0 Å². The number of anilines is 1. The molecule has 0 unspecified atom stereocenters. The summed E-state index contributed by atoms with van der Waals surface area (Å²) in [4.78, 5) is 4.69. The van der Waals surface area contributed by atoms with Crippen LogP contribution in [0.25, 0.3) is 17.1 Å². The summed E-state index contributed by atoms with van der Waals surface area (Å²) in [6.45, 7) is 0. The summed E-state index contributed by atoms with van der Waals surface area (Å²) in [6.07, 6.45) is 1.98. The molecule has 29 heavy (non-hydrogen) atoms. The molecular weight excluding hydrogens is 431 g/mol. The Hall–Kier alpha value is -3.25. The molecule has 1 aliphatic heterocycles. The predicted molar refractivity (Wildman–Crippen MR) is 116 cm³/mol. The molecule has 0 radical (unpaired) electrons. The second-order valence-electron chi connectivity index (χ2n) is 6.75. The first-order valence-electron chi connectivity index (χ1n) is 9.20. The Balaban J connectivity index is 1.65. The van der Waals surface area contributed by atoms with Gasteiger partial charge in [0.1, 0.15) is 11.9 Å². The van der Waals surface area contributed by atoms with E-state index in [1.807, 2.05) is 66.7 Å². The van der Waals surface area contributed by atoms with Gasteiger partial charge in [0, 0.05) is 21.3 Å². The molecule has 0 fully saturated rings. The van der Waals surface area contributed by atoms with Gasteiger partial charge in [0.2, 0.25) is 5.95 Å².